The van der Waals surface area contributed by atoms with Crippen LogP contribution in [-0.2, 0) is 9.84 Å². The summed E-state index contributed by atoms with van der Waals surface area (Å²) in [5.74, 6) is -1.51. The lowest BCUT2D eigenvalue weighted by Crippen LogP contribution is -2.23. The molecule has 2 rings (SSSR count). The Morgan fingerprint density at radius 2 is 1.88 bits per heavy atom. The molecule has 128 valence electrons. The van der Waals surface area contributed by atoms with Gasteiger partial charge < -0.3 is 10.4 Å². The molecule has 0 aliphatic carbocycles. The van der Waals surface area contributed by atoms with E-state index in [1.807, 2.05) is 0 Å². The summed E-state index contributed by atoms with van der Waals surface area (Å²) in [5.41, 5.74) is -6.21. The van der Waals surface area contributed by atoms with Gasteiger partial charge in [0.2, 0.25) is 0 Å². The number of carbonyl (C=O) groups excluding carboxylic acids is 1. The number of alkyl halides is 3. The molecule has 0 fully saturated rings. The Balaban J connectivity index is 2.38. The van der Waals surface area contributed by atoms with E-state index in [0.29, 0.717) is 12.1 Å². The van der Waals surface area contributed by atoms with Gasteiger partial charge in [-0.25, -0.2) is 13.4 Å². The number of halogens is 4. The summed E-state index contributed by atoms with van der Waals surface area (Å²) < 4.78 is 60.4. The predicted octanol–water partition coefficient (Wildman–Crippen LogP) is 2.99. The number of phenolic OH excluding ortho intramolecular Hbond substituents is 1. The van der Waals surface area contributed by atoms with Crippen LogP contribution in [-0.4, -0.2) is 29.9 Å². The van der Waals surface area contributed by atoms with E-state index in [0.717, 1.165) is 6.07 Å². The number of anilines is 1. The van der Waals surface area contributed by atoms with Crippen molar-refractivity contribution in [2.24, 2.45) is 0 Å². The van der Waals surface area contributed by atoms with Crippen LogP contribution in [0.4, 0.5) is 18.9 Å². The van der Waals surface area contributed by atoms with Crippen LogP contribution in [0.25, 0.3) is 0 Å². The lowest BCUT2D eigenvalue weighted by molar-refractivity contribution is -0.0436. The number of carbonyl (C=O) groups is 1. The Bertz CT molecular complexity index is 900. The number of benzene rings is 1. The highest BCUT2D eigenvalue weighted by Crippen LogP contribution is 2.34. The molecular weight excluding hydrogens is 373 g/mol. The number of nitrogens with zero attached hydrogens (tertiary/aromatic N) is 1. The van der Waals surface area contributed by atoms with Crippen molar-refractivity contribution in [2.75, 3.05) is 5.32 Å². The summed E-state index contributed by atoms with van der Waals surface area (Å²) in [4.78, 5) is 14.5. The molecular formula is C13H8ClF3N2O4S. The Morgan fingerprint density at radius 3 is 2.46 bits per heavy atom. The van der Waals surface area contributed by atoms with Gasteiger partial charge in [-0.2, -0.15) is 13.2 Å². The maximum atomic E-state index is 12.6. The Kier molecular flexibility index (Phi) is 4.72. The van der Waals surface area contributed by atoms with Gasteiger partial charge in [0.1, 0.15) is 16.6 Å². The van der Waals surface area contributed by atoms with Crippen molar-refractivity contribution >= 4 is 33.0 Å². The van der Waals surface area contributed by atoms with Gasteiger partial charge in [0, 0.05) is 0 Å². The molecule has 0 atom stereocenters. The van der Waals surface area contributed by atoms with E-state index in [-0.39, 0.29) is 10.8 Å². The number of sulfone groups is 1. The van der Waals surface area contributed by atoms with Gasteiger partial charge in [-0.1, -0.05) is 17.7 Å². The molecule has 6 nitrogen and oxygen atoms in total. The fourth-order valence-electron chi connectivity index (χ4n) is 1.64. The van der Waals surface area contributed by atoms with Crippen LogP contribution in [0.5, 0.6) is 5.75 Å². The summed E-state index contributed by atoms with van der Waals surface area (Å²) in [5, 5.41) is 11.7. The monoisotopic (exact) mass is 380 g/mol. The number of nitrogens with one attached hydrogen (secondary N) is 1. The first-order valence-electron chi connectivity index (χ1n) is 6.10. The number of hydrogen-bond acceptors (Lipinski definition) is 5. The van der Waals surface area contributed by atoms with Gasteiger partial charge in [0.15, 0.2) is 0 Å². The number of aromatic nitrogens is 1. The van der Waals surface area contributed by atoms with Crippen LogP contribution in [0, 0.1) is 0 Å². The molecule has 0 radical (unpaired) electrons. The minimum Gasteiger partial charge on any atom is -0.506 e. The molecule has 1 aromatic heterocycles. The zero-order chi connectivity index (χ0) is 18.1. The number of pyridine rings is 1. The van der Waals surface area contributed by atoms with E-state index in [1.54, 1.807) is 0 Å². The van der Waals surface area contributed by atoms with Crippen molar-refractivity contribution in [3.8, 4) is 5.75 Å². The van der Waals surface area contributed by atoms with Gasteiger partial charge in [0.25, 0.3) is 15.7 Å². The van der Waals surface area contributed by atoms with E-state index in [9.17, 15) is 31.5 Å². The molecule has 0 unspecified atom stereocenters. The molecule has 0 aliphatic rings. The number of phenols is 1. The third kappa shape index (κ3) is 3.60. The zero-order valence-electron chi connectivity index (χ0n) is 11.5. The highest BCUT2D eigenvalue weighted by Gasteiger charge is 2.47. The molecule has 24 heavy (non-hydrogen) atoms. The fourth-order valence-corrected chi connectivity index (χ4v) is 2.59. The zero-order valence-corrected chi connectivity index (χ0v) is 13.1. The van der Waals surface area contributed by atoms with E-state index in [1.165, 1.54) is 18.2 Å². The SMILES string of the molecule is O=C(Nc1cc(S(=O)(=O)C(F)(F)F)ccc1O)c1cccc(Cl)n1. The van der Waals surface area contributed by atoms with Crippen molar-refractivity contribution < 1.29 is 31.5 Å². The number of amides is 1. The first-order chi connectivity index (χ1) is 11.0. The normalized spacial score (nSPS) is 12.0. The maximum absolute atomic E-state index is 12.6. The Hall–Kier alpha value is -2.33. The first kappa shape index (κ1) is 18.0. The first-order valence-corrected chi connectivity index (χ1v) is 7.97. The molecule has 2 aromatic rings. The molecule has 1 aromatic carbocycles. The van der Waals surface area contributed by atoms with Gasteiger partial charge in [-0.3, -0.25) is 4.79 Å². The minimum atomic E-state index is -5.62. The van der Waals surface area contributed by atoms with Crippen molar-refractivity contribution in [1.29, 1.82) is 0 Å². The molecule has 0 spiro atoms. The second-order valence-corrected chi connectivity index (χ2v) is 6.76. The van der Waals surface area contributed by atoms with Gasteiger partial charge >= 0.3 is 5.51 Å². The number of hydrogen-bond donors (Lipinski definition) is 2. The average Bonchev–Trinajstić information content (AvgIpc) is 2.48. The number of aromatic hydroxyl groups is 1. The summed E-state index contributed by atoms with van der Waals surface area (Å²) in [6, 6.07) is 5.88. The average molecular weight is 381 g/mol. The Morgan fingerprint density at radius 1 is 1.21 bits per heavy atom. The maximum Gasteiger partial charge on any atom is 0.501 e. The van der Waals surface area contributed by atoms with Crippen molar-refractivity contribution in [3.05, 3.63) is 47.2 Å². The number of rotatable bonds is 3. The van der Waals surface area contributed by atoms with Gasteiger partial charge in [-0.15, -0.1) is 0 Å². The van der Waals surface area contributed by atoms with Gasteiger partial charge in [-0.05, 0) is 30.3 Å². The standard InChI is InChI=1S/C13H8ClF3N2O4S/c14-11-3-1-2-8(18-11)12(21)19-9-6-7(4-5-10(9)20)24(22,23)13(15,16)17/h1-6,20H,(H,19,21). The summed E-state index contributed by atoms with van der Waals surface area (Å²) in [6.07, 6.45) is 0. The molecule has 0 saturated heterocycles. The topological polar surface area (TPSA) is 96.4 Å². The molecule has 2 N–H and O–H groups in total. The smallest absolute Gasteiger partial charge is 0.501 e. The summed E-state index contributed by atoms with van der Waals surface area (Å²) in [6.45, 7) is 0. The van der Waals surface area contributed by atoms with E-state index >= 15 is 0 Å². The third-order valence-electron chi connectivity index (χ3n) is 2.78. The molecule has 1 amide bonds. The summed E-state index contributed by atoms with van der Waals surface area (Å²) in [7, 11) is -5.62. The van der Waals surface area contributed by atoms with Crippen molar-refractivity contribution in [3.63, 3.8) is 0 Å². The highest BCUT2D eigenvalue weighted by molar-refractivity contribution is 7.92. The largest absolute Gasteiger partial charge is 0.506 e. The van der Waals surface area contributed by atoms with Crippen LogP contribution >= 0.6 is 11.6 Å². The molecule has 11 heteroatoms. The molecule has 1 heterocycles. The van der Waals surface area contributed by atoms with Crippen LogP contribution in [0.2, 0.25) is 5.15 Å². The second-order valence-electron chi connectivity index (χ2n) is 4.43. The predicted molar refractivity (Wildman–Crippen MR) is 78.5 cm³/mol. The Labute approximate surface area is 138 Å². The minimum absolute atomic E-state index is 0.000252. The molecule has 0 aliphatic heterocycles. The molecule has 0 bridgehead atoms. The lowest BCUT2D eigenvalue weighted by atomic mass is 10.2. The fraction of sp³-hybridized carbons (Fsp3) is 0.0769. The second kappa shape index (κ2) is 6.29. The van der Waals surface area contributed by atoms with E-state index < -0.39 is 37.6 Å². The van der Waals surface area contributed by atoms with E-state index in [4.69, 9.17) is 11.6 Å². The lowest BCUT2D eigenvalue weighted by Gasteiger charge is -2.11. The third-order valence-corrected chi connectivity index (χ3v) is 4.47. The van der Waals surface area contributed by atoms with Crippen LogP contribution in [0.3, 0.4) is 0 Å². The highest BCUT2D eigenvalue weighted by atomic mass is 35.5. The van der Waals surface area contributed by atoms with Crippen LogP contribution < -0.4 is 5.32 Å². The van der Waals surface area contributed by atoms with Crippen LogP contribution in [0.1, 0.15) is 10.5 Å². The van der Waals surface area contributed by atoms with Crippen molar-refractivity contribution in [2.45, 2.75) is 10.4 Å². The van der Waals surface area contributed by atoms with Gasteiger partial charge in [0.05, 0.1) is 10.6 Å². The molecule has 0 saturated carbocycles. The van der Waals surface area contributed by atoms with Crippen LogP contribution in [0.15, 0.2) is 41.3 Å². The van der Waals surface area contributed by atoms with Crippen molar-refractivity contribution in [1.82, 2.24) is 4.98 Å². The van der Waals surface area contributed by atoms with E-state index in [2.05, 4.69) is 10.3 Å². The summed E-state index contributed by atoms with van der Waals surface area (Å²) >= 11 is 5.61. The quantitative estimate of drug-likeness (QED) is 0.630.